The van der Waals surface area contributed by atoms with Crippen LogP contribution < -0.4 is 4.90 Å². The van der Waals surface area contributed by atoms with Crippen molar-refractivity contribution in [1.82, 2.24) is 4.90 Å². The number of aryl methyl sites for hydroxylation is 3. The molecule has 0 N–H and O–H groups in total. The molecule has 1 amide bonds. The van der Waals surface area contributed by atoms with Gasteiger partial charge in [-0.15, -0.1) is 0 Å². The summed E-state index contributed by atoms with van der Waals surface area (Å²) in [5.41, 5.74) is 4.38. The van der Waals surface area contributed by atoms with E-state index < -0.39 is 0 Å². The van der Waals surface area contributed by atoms with E-state index in [0.717, 1.165) is 6.42 Å². The molecule has 3 rings (SSSR count). The molecule has 3 nitrogen and oxygen atoms in total. The van der Waals surface area contributed by atoms with E-state index in [1.54, 1.807) is 12.1 Å². The monoisotopic (exact) mass is 340 g/mol. The molecule has 1 fully saturated rings. The highest BCUT2D eigenvalue weighted by Gasteiger charge is 2.22. The van der Waals surface area contributed by atoms with Crippen LogP contribution in [0.4, 0.5) is 10.1 Å². The third kappa shape index (κ3) is 4.19. The highest BCUT2D eigenvalue weighted by atomic mass is 19.1. The smallest absolute Gasteiger partial charge is 0.223 e. The fourth-order valence-electron chi connectivity index (χ4n) is 3.27. The Hall–Kier alpha value is -2.36. The fourth-order valence-corrected chi connectivity index (χ4v) is 3.27. The minimum atomic E-state index is -0.197. The zero-order chi connectivity index (χ0) is 17.8. The Kier molecular flexibility index (Phi) is 5.37. The van der Waals surface area contributed by atoms with Crippen molar-refractivity contribution in [2.24, 2.45) is 0 Å². The van der Waals surface area contributed by atoms with Crippen LogP contribution in [0.1, 0.15) is 23.1 Å². The van der Waals surface area contributed by atoms with Crippen LogP contribution >= 0.6 is 0 Å². The topological polar surface area (TPSA) is 23.6 Å². The minimum Gasteiger partial charge on any atom is -0.366 e. The molecule has 1 aliphatic heterocycles. The van der Waals surface area contributed by atoms with Crippen molar-refractivity contribution in [2.75, 3.05) is 31.1 Å². The highest BCUT2D eigenvalue weighted by Crippen LogP contribution is 2.20. The van der Waals surface area contributed by atoms with Gasteiger partial charge in [-0.3, -0.25) is 4.79 Å². The molecule has 0 bridgehead atoms. The number of piperazine rings is 1. The molecular formula is C21H25FN2O. The van der Waals surface area contributed by atoms with Crippen LogP contribution in [0.3, 0.4) is 0 Å². The summed E-state index contributed by atoms with van der Waals surface area (Å²) in [7, 11) is 0. The summed E-state index contributed by atoms with van der Waals surface area (Å²) in [6.45, 7) is 6.86. The minimum absolute atomic E-state index is 0.186. The van der Waals surface area contributed by atoms with Gasteiger partial charge in [0, 0.05) is 32.6 Å². The van der Waals surface area contributed by atoms with Crippen LogP contribution in [0.15, 0.2) is 42.5 Å². The van der Waals surface area contributed by atoms with Gasteiger partial charge in [-0.2, -0.15) is 0 Å². The molecule has 132 valence electrons. The van der Waals surface area contributed by atoms with Crippen LogP contribution in [0, 0.1) is 19.7 Å². The van der Waals surface area contributed by atoms with E-state index in [-0.39, 0.29) is 11.7 Å². The number of amides is 1. The van der Waals surface area contributed by atoms with E-state index >= 15 is 0 Å². The lowest BCUT2D eigenvalue weighted by Crippen LogP contribution is -2.49. The van der Waals surface area contributed by atoms with Crippen LogP contribution in [0.2, 0.25) is 0 Å². The number of nitrogens with zero attached hydrogens (tertiary/aromatic N) is 2. The predicted molar refractivity (Wildman–Crippen MR) is 99.4 cm³/mol. The van der Waals surface area contributed by atoms with Crippen molar-refractivity contribution in [2.45, 2.75) is 26.7 Å². The standard InChI is InChI=1S/C21H25FN2O/c1-16-7-8-18(15-17(16)2)9-10-21(25)24-13-11-23(12-14-24)20-6-4-3-5-19(20)22/h3-8,15H,9-14H2,1-2H3. The summed E-state index contributed by atoms with van der Waals surface area (Å²) in [6, 6.07) is 13.2. The number of para-hydroxylation sites is 1. The number of halogens is 1. The molecule has 2 aromatic rings. The van der Waals surface area contributed by atoms with Crippen LogP contribution in [0.25, 0.3) is 0 Å². The summed E-state index contributed by atoms with van der Waals surface area (Å²) in [6.07, 6.45) is 1.30. The summed E-state index contributed by atoms with van der Waals surface area (Å²) in [5.74, 6) is -0.0107. The van der Waals surface area contributed by atoms with Gasteiger partial charge in [0.25, 0.3) is 0 Å². The first-order chi connectivity index (χ1) is 12.0. The molecular weight excluding hydrogens is 315 g/mol. The Morgan fingerprint density at radius 2 is 1.72 bits per heavy atom. The zero-order valence-electron chi connectivity index (χ0n) is 15.0. The predicted octanol–water partition coefficient (Wildman–Crippen LogP) is 3.72. The van der Waals surface area contributed by atoms with Gasteiger partial charge in [-0.1, -0.05) is 30.3 Å². The van der Waals surface area contributed by atoms with Gasteiger partial charge in [0.2, 0.25) is 5.91 Å². The maximum atomic E-state index is 13.9. The molecule has 0 spiro atoms. The molecule has 1 aliphatic rings. The molecule has 0 unspecified atom stereocenters. The number of rotatable bonds is 4. The van der Waals surface area contributed by atoms with Crippen molar-refractivity contribution in [1.29, 1.82) is 0 Å². The van der Waals surface area contributed by atoms with Gasteiger partial charge >= 0.3 is 0 Å². The first kappa shape index (κ1) is 17.5. The normalized spacial score (nSPS) is 14.7. The summed E-state index contributed by atoms with van der Waals surface area (Å²) in [5, 5.41) is 0. The average Bonchev–Trinajstić information content (AvgIpc) is 2.63. The quantitative estimate of drug-likeness (QED) is 0.847. The number of hydrogen-bond acceptors (Lipinski definition) is 2. The van der Waals surface area contributed by atoms with E-state index in [1.165, 1.54) is 22.8 Å². The first-order valence-corrected chi connectivity index (χ1v) is 8.88. The third-order valence-electron chi connectivity index (χ3n) is 5.02. The van der Waals surface area contributed by atoms with Gasteiger partial charge in [0.05, 0.1) is 5.69 Å². The van der Waals surface area contributed by atoms with Gasteiger partial charge in [0.15, 0.2) is 0 Å². The van der Waals surface area contributed by atoms with E-state index in [9.17, 15) is 9.18 Å². The summed E-state index contributed by atoms with van der Waals surface area (Å²) in [4.78, 5) is 16.4. The van der Waals surface area contributed by atoms with Crippen LogP contribution in [-0.2, 0) is 11.2 Å². The number of carbonyl (C=O) groups is 1. The second-order valence-corrected chi connectivity index (χ2v) is 6.74. The lowest BCUT2D eigenvalue weighted by Gasteiger charge is -2.36. The van der Waals surface area contributed by atoms with Crippen LogP contribution in [-0.4, -0.2) is 37.0 Å². The molecule has 1 heterocycles. The third-order valence-corrected chi connectivity index (χ3v) is 5.02. The second kappa shape index (κ2) is 7.68. The largest absolute Gasteiger partial charge is 0.366 e. The van der Waals surface area contributed by atoms with Gasteiger partial charge in [0.1, 0.15) is 5.82 Å². The molecule has 2 aromatic carbocycles. The van der Waals surface area contributed by atoms with Crippen molar-refractivity contribution < 1.29 is 9.18 Å². The average molecular weight is 340 g/mol. The van der Waals surface area contributed by atoms with E-state index in [2.05, 4.69) is 32.0 Å². The van der Waals surface area contributed by atoms with E-state index in [4.69, 9.17) is 0 Å². The Morgan fingerprint density at radius 3 is 2.40 bits per heavy atom. The number of anilines is 1. The number of benzene rings is 2. The van der Waals surface area contributed by atoms with Gasteiger partial charge in [-0.05, 0) is 49.1 Å². The molecule has 0 radical (unpaired) electrons. The number of hydrogen-bond donors (Lipinski definition) is 0. The van der Waals surface area contributed by atoms with Crippen molar-refractivity contribution in [3.8, 4) is 0 Å². The summed E-state index contributed by atoms with van der Waals surface area (Å²) >= 11 is 0. The fraction of sp³-hybridized carbons (Fsp3) is 0.381. The SMILES string of the molecule is Cc1ccc(CCC(=O)N2CCN(c3ccccc3F)CC2)cc1C. The molecule has 0 atom stereocenters. The molecule has 4 heteroatoms. The molecule has 0 saturated carbocycles. The first-order valence-electron chi connectivity index (χ1n) is 8.88. The maximum Gasteiger partial charge on any atom is 0.223 e. The van der Waals surface area contributed by atoms with Crippen molar-refractivity contribution in [3.05, 3.63) is 65.0 Å². The second-order valence-electron chi connectivity index (χ2n) is 6.74. The van der Waals surface area contributed by atoms with E-state index in [0.29, 0.717) is 38.3 Å². The van der Waals surface area contributed by atoms with E-state index in [1.807, 2.05) is 15.9 Å². The van der Waals surface area contributed by atoms with Crippen LogP contribution in [0.5, 0.6) is 0 Å². The molecule has 0 aliphatic carbocycles. The maximum absolute atomic E-state index is 13.9. The number of carbonyl (C=O) groups excluding carboxylic acids is 1. The zero-order valence-corrected chi connectivity index (χ0v) is 15.0. The summed E-state index contributed by atoms with van der Waals surface area (Å²) < 4.78 is 13.9. The molecule has 0 aromatic heterocycles. The Balaban J connectivity index is 1.51. The van der Waals surface area contributed by atoms with Gasteiger partial charge < -0.3 is 9.80 Å². The molecule has 1 saturated heterocycles. The lowest BCUT2D eigenvalue weighted by molar-refractivity contribution is -0.131. The lowest BCUT2D eigenvalue weighted by atomic mass is 10.0. The van der Waals surface area contributed by atoms with Crippen molar-refractivity contribution >= 4 is 11.6 Å². The van der Waals surface area contributed by atoms with Gasteiger partial charge in [-0.25, -0.2) is 4.39 Å². The Labute approximate surface area is 149 Å². The van der Waals surface area contributed by atoms with Crippen molar-refractivity contribution in [3.63, 3.8) is 0 Å². The molecule has 25 heavy (non-hydrogen) atoms. The Morgan fingerprint density at radius 1 is 1.00 bits per heavy atom. The Bertz CT molecular complexity index is 751. The highest BCUT2D eigenvalue weighted by molar-refractivity contribution is 5.76.